The molecule has 0 heterocycles. The second-order valence-electron chi connectivity index (χ2n) is 6.12. The zero-order valence-corrected chi connectivity index (χ0v) is 14.0. The van der Waals surface area contributed by atoms with Crippen LogP contribution in [0.1, 0.15) is 46.4 Å². The molecule has 132 valence electrons. The van der Waals surface area contributed by atoms with Gasteiger partial charge in [0.1, 0.15) is 11.9 Å². The molecule has 0 spiro atoms. The van der Waals surface area contributed by atoms with E-state index in [1.165, 1.54) is 19.1 Å². The van der Waals surface area contributed by atoms with Crippen molar-refractivity contribution >= 4 is 23.3 Å². The van der Waals surface area contributed by atoms with Crippen LogP contribution >= 0.6 is 0 Å². The number of benzene rings is 2. The summed E-state index contributed by atoms with van der Waals surface area (Å²) < 4.78 is 13.9. The lowest BCUT2D eigenvalue weighted by atomic mass is 10.0. The molecule has 1 aliphatic rings. The maximum absolute atomic E-state index is 13.9. The Balaban J connectivity index is 1.88. The number of hydrogen-bond acceptors (Lipinski definition) is 4. The Bertz CT molecular complexity index is 950. The summed E-state index contributed by atoms with van der Waals surface area (Å²) in [5.41, 5.74) is 2.85. The van der Waals surface area contributed by atoms with Crippen LogP contribution < -0.4 is 10.6 Å². The number of carbonyl (C=O) groups is 2. The van der Waals surface area contributed by atoms with Gasteiger partial charge < -0.3 is 15.7 Å². The molecule has 3 rings (SSSR count). The van der Waals surface area contributed by atoms with E-state index in [9.17, 15) is 19.2 Å². The minimum Gasteiger partial charge on any atom is -0.478 e. The number of carboxylic acids is 1. The molecular weight excluding hydrogens is 337 g/mol. The largest absolute Gasteiger partial charge is 0.478 e. The van der Waals surface area contributed by atoms with Crippen LogP contribution in [0.3, 0.4) is 0 Å². The highest BCUT2D eigenvalue weighted by Gasteiger charge is 2.25. The van der Waals surface area contributed by atoms with E-state index in [4.69, 9.17) is 5.11 Å². The number of nitrogens with one attached hydrogen (secondary N) is 2. The number of aromatic carboxylic acids is 1. The van der Waals surface area contributed by atoms with E-state index in [-0.39, 0.29) is 17.5 Å². The molecule has 0 fully saturated rings. The van der Waals surface area contributed by atoms with Gasteiger partial charge in [-0.25, -0.2) is 9.18 Å². The third-order valence-corrected chi connectivity index (χ3v) is 4.33. The zero-order valence-electron chi connectivity index (χ0n) is 14.0. The zero-order chi connectivity index (χ0) is 18.8. The SMILES string of the molecule is CC(=O)Nc1cc2c(cc1C#N)C(Nc1ccc(C(=O)O)c(F)c1)CC2. The fourth-order valence-corrected chi connectivity index (χ4v) is 3.17. The molecule has 6 nitrogen and oxygen atoms in total. The van der Waals surface area contributed by atoms with Gasteiger partial charge in [0.15, 0.2) is 0 Å². The fraction of sp³-hybridized carbons (Fsp3) is 0.211. The summed E-state index contributed by atoms with van der Waals surface area (Å²) in [6, 6.07) is 9.36. The number of halogens is 1. The number of rotatable bonds is 4. The first-order valence-corrected chi connectivity index (χ1v) is 8.03. The van der Waals surface area contributed by atoms with Crippen LogP contribution in [0.25, 0.3) is 0 Å². The van der Waals surface area contributed by atoms with Crippen LogP contribution in [0.5, 0.6) is 0 Å². The van der Waals surface area contributed by atoms with Gasteiger partial charge >= 0.3 is 5.97 Å². The van der Waals surface area contributed by atoms with Gasteiger partial charge in [0.05, 0.1) is 22.9 Å². The van der Waals surface area contributed by atoms with Crippen LogP contribution in [0, 0.1) is 17.1 Å². The highest BCUT2D eigenvalue weighted by Crippen LogP contribution is 2.37. The fourth-order valence-electron chi connectivity index (χ4n) is 3.17. The number of anilines is 2. The predicted octanol–water partition coefficient (Wildman–Crippen LogP) is 3.45. The Hall–Kier alpha value is -3.40. The second kappa shape index (κ2) is 6.84. The molecule has 0 radical (unpaired) electrons. The number of nitriles is 1. The summed E-state index contributed by atoms with van der Waals surface area (Å²) in [6.07, 6.45) is 1.49. The average Bonchev–Trinajstić information content (AvgIpc) is 2.95. The van der Waals surface area contributed by atoms with Gasteiger partial charge in [-0.1, -0.05) is 0 Å². The van der Waals surface area contributed by atoms with E-state index < -0.39 is 11.8 Å². The van der Waals surface area contributed by atoms with E-state index in [2.05, 4.69) is 16.7 Å². The Morgan fingerprint density at radius 3 is 2.69 bits per heavy atom. The lowest BCUT2D eigenvalue weighted by Gasteiger charge is -2.17. The van der Waals surface area contributed by atoms with Crippen molar-refractivity contribution in [1.29, 1.82) is 5.26 Å². The summed E-state index contributed by atoms with van der Waals surface area (Å²) in [5, 5.41) is 24.1. The molecule has 26 heavy (non-hydrogen) atoms. The predicted molar refractivity (Wildman–Crippen MR) is 93.5 cm³/mol. The highest BCUT2D eigenvalue weighted by atomic mass is 19.1. The van der Waals surface area contributed by atoms with E-state index in [0.29, 0.717) is 16.9 Å². The molecule has 1 aliphatic carbocycles. The van der Waals surface area contributed by atoms with Gasteiger partial charge in [-0.05, 0) is 54.3 Å². The molecule has 2 aromatic carbocycles. The normalized spacial score (nSPS) is 15.0. The van der Waals surface area contributed by atoms with Gasteiger partial charge in [-0.3, -0.25) is 4.79 Å². The van der Waals surface area contributed by atoms with Crippen molar-refractivity contribution in [1.82, 2.24) is 0 Å². The number of nitrogens with zero attached hydrogens (tertiary/aromatic N) is 1. The van der Waals surface area contributed by atoms with Crippen LogP contribution in [-0.2, 0) is 11.2 Å². The van der Waals surface area contributed by atoms with Crippen molar-refractivity contribution < 1.29 is 19.1 Å². The summed E-state index contributed by atoms with van der Waals surface area (Å²) in [4.78, 5) is 22.2. The van der Waals surface area contributed by atoms with E-state index >= 15 is 0 Å². The molecule has 2 aromatic rings. The van der Waals surface area contributed by atoms with Gasteiger partial charge in [0.25, 0.3) is 0 Å². The van der Waals surface area contributed by atoms with Crippen molar-refractivity contribution in [2.24, 2.45) is 0 Å². The molecule has 0 aromatic heterocycles. The standard InChI is InChI=1S/C19H16FN3O3/c1-10(24)22-18-7-11-2-5-17(15(11)6-12(18)9-21)23-13-3-4-14(19(25)26)16(20)8-13/h3-4,6-8,17,23H,2,5H2,1H3,(H,22,24)(H,25,26). The third kappa shape index (κ3) is 3.35. The van der Waals surface area contributed by atoms with E-state index in [0.717, 1.165) is 30.0 Å². The Kier molecular flexibility index (Phi) is 4.59. The third-order valence-electron chi connectivity index (χ3n) is 4.33. The summed E-state index contributed by atoms with van der Waals surface area (Å²) in [7, 11) is 0. The molecule has 1 atom stereocenters. The minimum atomic E-state index is -1.32. The van der Waals surface area contributed by atoms with Crippen molar-refractivity contribution in [3.63, 3.8) is 0 Å². The van der Waals surface area contributed by atoms with Gasteiger partial charge in [0, 0.05) is 12.6 Å². The van der Waals surface area contributed by atoms with Crippen LogP contribution in [0.15, 0.2) is 30.3 Å². The number of hydrogen-bond donors (Lipinski definition) is 3. The monoisotopic (exact) mass is 353 g/mol. The van der Waals surface area contributed by atoms with Crippen molar-refractivity contribution in [3.8, 4) is 6.07 Å². The maximum Gasteiger partial charge on any atom is 0.338 e. The van der Waals surface area contributed by atoms with Gasteiger partial charge in [0.2, 0.25) is 5.91 Å². The first-order chi connectivity index (χ1) is 12.4. The lowest BCUT2D eigenvalue weighted by Crippen LogP contribution is -2.10. The van der Waals surface area contributed by atoms with Gasteiger partial charge in [-0.2, -0.15) is 5.26 Å². The number of carboxylic acid groups (broad SMARTS) is 1. The summed E-state index contributed by atoms with van der Waals surface area (Å²) in [6.45, 7) is 1.38. The lowest BCUT2D eigenvalue weighted by molar-refractivity contribution is -0.114. The smallest absolute Gasteiger partial charge is 0.338 e. The number of carbonyl (C=O) groups excluding carboxylic acids is 1. The number of aryl methyl sites for hydroxylation is 1. The maximum atomic E-state index is 13.9. The second-order valence-corrected chi connectivity index (χ2v) is 6.12. The molecule has 0 bridgehead atoms. The Labute approximate surface area is 149 Å². The van der Waals surface area contributed by atoms with E-state index in [1.54, 1.807) is 12.1 Å². The topological polar surface area (TPSA) is 102 Å². The average molecular weight is 353 g/mol. The first-order valence-electron chi connectivity index (χ1n) is 8.03. The Morgan fingerprint density at radius 1 is 1.31 bits per heavy atom. The molecule has 3 N–H and O–H groups in total. The van der Waals surface area contributed by atoms with Crippen LogP contribution in [0.4, 0.5) is 15.8 Å². The highest BCUT2D eigenvalue weighted by molar-refractivity contribution is 5.90. The number of fused-ring (bicyclic) bond motifs is 1. The molecule has 7 heteroatoms. The molecule has 0 saturated carbocycles. The van der Waals surface area contributed by atoms with Crippen molar-refractivity contribution in [3.05, 3.63) is 58.4 Å². The molecule has 0 aliphatic heterocycles. The van der Waals surface area contributed by atoms with Crippen molar-refractivity contribution in [2.75, 3.05) is 10.6 Å². The van der Waals surface area contributed by atoms with Gasteiger partial charge in [-0.15, -0.1) is 0 Å². The van der Waals surface area contributed by atoms with E-state index in [1.807, 2.05) is 0 Å². The quantitative estimate of drug-likeness (QED) is 0.781. The number of amides is 1. The summed E-state index contributed by atoms with van der Waals surface area (Å²) in [5.74, 6) is -2.37. The summed E-state index contributed by atoms with van der Waals surface area (Å²) >= 11 is 0. The molecule has 0 saturated heterocycles. The Morgan fingerprint density at radius 2 is 2.08 bits per heavy atom. The van der Waals surface area contributed by atoms with Crippen LogP contribution in [-0.4, -0.2) is 17.0 Å². The molecular formula is C19H16FN3O3. The molecule has 1 amide bonds. The first kappa shape index (κ1) is 17.4. The molecule has 1 unspecified atom stereocenters. The minimum absolute atomic E-state index is 0.126. The van der Waals surface area contributed by atoms with Crippen LogP contribution in [0.2, 0.25) is 0 Å². The van der Waals surface area contributed by atoms with Crippen molar-refractivity contribution in [2.45, 2.75) is 25.8 Å².